The van der Waals surface area contributed by atoms with Crippen molar-refractivity contribution in [1.82, 2.24) is 10.4 Å². The highest BCUT2D eigenvalue weighted by molar-refractivity contribution is 5.79. The number of alkyl halides is 3. The van der Waals surface area contributed by atoms with Crippen LogP contribution in [0.25, 0.3) is 0 Å². The topological polar surface area (TPSA) is 32.3 Å². The summed E-state index contributed by atoms with van der Waals surface area (Å²) in [4.78, 5) is 11.6. The summed E-state index contributed by atoms with van der Waals surface area (Å²) in [5.41, 5.74) is 2.39. The van der Waals surface area contributed by atoms with Crippen molar-refractivity contribution in [1.29, 1.82) is 0 Å². The molecule has 0 spiro atoms. The molecule has 1 atom stereocenters. The Hall–Kier alpha value is -1.56. The van der Waals surface area contributed by atoms with Crippen LogP contribution in [0.3, 0.4) is 0 Å². The van der Waals surface area contributed by atoms with Crippen LogP contribution < -0.4 is 5.43 Å². The molecule has 122 valence electrons. The van der Waals surface area contributed by atoms with E-state index in [1.807, 2.05) is 6.92 Å². The standard InChI is InChI=1S/C16H21F3N2O/c1-4-7-11-8-5-6-9-12(11)14(16(17,18)19)21-15(2,3)10-13(22)20-21/h5-6,8-9,14H,4,7,10H2,1-3H3,(H,20,22). The lowest BCUT2D eigenvalue weighted by Crippen LogP contribution is -2.51. The first kappa shape index (κ1) is 16.8. The molecule has 1 amide bonds. The van der Waals surface area contributed by atoms with Crippen molar-refractivity contribution >= 4 is 5.91 Å². The second kappa shape index (κ2) is 5.91. The number of carbonyl (C=O) groups is 1. The highest BCUT2D eigenvalue weighted by Gasteiger charge is 2.53. The average molecular weight is 314 g/mol. The van der Waals surface area contributed by atoms with E-state index in [1.165, 1.54) is 6.07 Å². The fourth-order valence-corrected chi connectivity index (χ4v) is 2.98. The van der Waals surface area contributed by atoms with E-state index in [-0.39, 0.29) is 17.9 Å². The first-order chi connectivity index (χ1) is 10.2. The predicted molar refractivity (Wildman–Crippen MR) is 77.9 cm³/mol. The van der Waals surface area contributed by atoms with Gasteiger partial charge in [0.05, 0.1) is 0 Å². The van der Waals surface area contributed by atoms with Gasteiger partial charge < -0.3 is 0 Å². The summed E-state index contributed by atoms with van der Waals surface area (Å²) < 4.78 is 41.3. The van der Waals surface area contributed by atoms with Crippen molar-refractivity contribution in [2.45, 2.75) is 57.8 Å². The molecule has 0 aromatic heterocycles. The molecule has 1 N–H and O–H groups in total. The summed E-state index contributed by atoms with van der Waals surface area (Å²) >= 11 is 0. The molecule has 1 saturated heterocycles. The summed E-state index contributed by atoms with van der Waals surface area (Å²) in [6, 6.07) is 4.75. The zero-order valence-electron chi connectivity index (χ0n) is 13.0. The molecule has 1 aliphatic rings. The van der Waals surface area contributed by atoms with Crippen molar-refractivity contribution in [2.75, 3.05) is 0 Å². The van der Waals surface area contributed by atoms with Gasteiger partial charge in [-0.2, -0.15) is 18.2 Å². The SMILES string of the molecule is CCCc1ccccc1C(N1NC(=O)CC1(C)C)C(F)(F)F. The third-order valence-electron chi connectivity index (χ3n) is 3.93. The largest absolute Gasteiger partial charge is 0.409 e. The van der Waals surface area contributed by atoms with Gasteiger partial charge in [0, 0.05) is 12.0 Å². The number of aryl methyl sites for hydroxylation is 1. The van der Waals surface area contributed by atoms with Gasteiger partial charge in [0.25, 0.3) is 0 Å². The number of halogens is 3. The van der Waals surface area contributed by atoms with Crippen molar-refractivity contribution in [3.8, 4) is 0 Å². The van der Waals surface area contributed by atoms with Gasteiger partial charge in [0.1, 0.15) is 0 Å². The predicted octanol–water partition coefficient (Wildman–Crippen LogP) is 3.76. The maximum atomic E-state index is 13.8. The summed E-state index contributed by atoms with van der Waals surface area (Å²) in [5.74, 6) is -0.382. The van der Waals surface area contributed by atoms with E-state index >= 15 is 0 Å². The Bertz CT molecular complexity index is 555. The normalized spacial score (nSPS) is 20.0. The third kappa shape index (κ3) is 3.27. The molecular weight excluding hydrogens is 293 g/mol. The summed E-state index contributed by atoms with van der Waals surface area (Å²) in [5, 5.41) is 1.06. The van der Waals surface area contributed by atoms with E-state index in [4.69, 9.17) is 0 Å². The van der Waals surface area contributed by atoms with Gasteiger partial charge in [-0.1, -0.05) is 37.6 Å². The van der Waals surface area contributed by atoms with Crippen molar-refractivity contribution in [2.24, 2.45) is 0 Å². The van der Waals surface area contributed by atoms with Gasteiger partial charge >= 0.3 is 6.18 Å². The number of rotatable bonds is 4. The van der Waals surface area contributed by atoms with Crippen LogP contribution in [0.5, 0.6) is 0 Å². The zero-order chi connectivity index (χ0) is 16.5. The Balaban J connectivity index is 2.51. The lowest BCUT2D eigenvalue weighted by molar-refractivity contribution is -0.204. The van der Waals surface area contributed by atoms with Crippen LogP contribution in [0.4, 0.5) is 13.2 Å². The molecule has 0 bridgehead atoms. The minimum absolute atomic E-state index is 0.0511. The molecule has 1 aromatic carbocycles. The van der Waals surface area contributed by atoms with Crippen LogP contribution in [0.2, 0.25) is 0 Å². The van der Waals surface area contributed by atoms with Gasteiger partial charge in [-0.15, -0.1) is 0 Å². The number of carbonyl (C=O) groups excluding carboxylic acids is 1. The Labute approximate surface area is 128 Å². The van der Waals surface area contributed by atoms with E-state index in [0.717, 1.165) is 11.4 Å². The minimum atomic E-state index is -4.47. The van der Waals surface area contributed by atoms with Crippen molar-refractivity contribution in [3.63, 3.8) is 0 Å². The molecule has 0 aliphatic carbocycles. The van der Waals surface area contributed by atoms with E-state index in [0.29, 0.717) is 12.0 Å². The van der Waals surface area contributed by atoms with Crippen LogP contribution in [-0.2, 0) is 11.2 Å². The van der Waals surface area contributed by atoms with Gasteiger partial charge in [-0.3, -0.25) is 10.2 Å². The third-order valence-corrected chi connectivity index (χ3v) is 3.93. The molecule has 1 aliphatic heterocycles. The molecule has 0 radical (unpaired) electrons. The lowest BCUT2D eigenvalue weighted by atomic mass is 9.93. The molecule has 0 saturated carbocycles. The highest BCUT2D eigenvalue weighted by atomic mass is 19.4. The zero-order valence-corrected chi connectivity index (χ0v) is 13.0. The Morgan fingerprint density at radius 1 is 1.32 bits per heavy atom. The van der Waals surface area contributed by atoms with E-state index < -0.39 is 17.8 Å². The van der Waals surface area contributed by atoms with E-state index in [9.17, 15) is 18.0 Å². The van der Waals surface area contributed by atoms with E-state index in [2.05, 4.69) is 5.43 Å². The Morgan fingerprint density at radius 2 is 1.95 bits per heavy atom. The van der Waals surface area contributed by atoms with Gasteiger partial charge in [-0.05, 0) is 31.4 Å². The average Bonchev–Trinajstić information content (AvgIpc) is 2.64. The van der Waals surface area contributed by atoms with Crippen LogP contribution >= 0.6 is 0 Å². The van der Waals surface area contributed by atoms with Gasteiger partial charge in [0.2, 0.25) is 5.91 Å². The maximum Gasteiger partial charge on any atom is 0.409 e. The molecular formula is C16H21F3N2O. The Kier molecular flexibility index (Phi) is 4.52. The number of hydrogen-bond donors (Lipinski definition) is 1. The number of hydrazine groups is 1. The summed E-state index contributed by atoms with van der Waals surface area (Å²) in [7, 11) is 0. The van der Waals surface area contributed by atoms with Gasteiger partial charge in [0.15, 0.2) is 6.04 Å². The molecule has 1 unspecified atom stereocenters. The molecule has 3 nitrogen and oxygen atoms in total. The van der Waals surface area contributed by atoms with Crippen LogP contribution in [-0.4, -0.2) is 22.6 Å². The molecule has 1 fully saturated rings. The smallest absolute Gasteiger partial charge is 0.287 e. The highest BCUT2D eigenvalue weighted by Crippen LogP contribution is 2.43. The van der Waals surface area contributed by atoms with Crippen LogP contribution in [0.15, 0.2) is 24.3 Å². The fourth-order valence-electron chi connectivity index (χ4n) is 2.98. The quantitative estimate of drug-likeness (QED) is 0.918. The number of nitrogens with one attached hydrogen (secondary N) is 1. The first-order valence-electron chi connectivity index (χ1n) is 7.40. The minimum Gasteiger partial charge on any atom is -0.287 e. The maximum absolute atomic E-state index is 13.8. The monoisotopic (exact) mass is 314 g/mol. The number of amides is 1. The number of hydrogen-bond acceptors (Lipinski definition) is 2. The number of benzene rings is 1. The second-order valence-corrected chi connectivity index (χ2v) is 6.29. The fraction of sp³-hybridized carbons (Fsp3) is 0.562. The van der Waals surface area contributed by atoms with Crippen LogP contribution in [0, 0.1) is 0 Å². The molecule has 1 aromatic rings. The molecule has 6 heteroatoms. The molecule has 1 heterocycles. The first-order valence-corrected chi connectivity index (χ1v) is 7.40. The molecule has 22 heavy (non-hydrogen) atoms. The van der Waals surface area contributed by atoms with Crippen LogP contribution in [0.1, 0.15) is 50.8 Å². The lowest BCUT2D eigenvalue weighted by Gasteiger charge is -2.38. The summed E-state index contributed by atoms with van der Waals surface area (Å²) in [6.45, 7) is 5.22. The number of nitrogens with zero attached hydrogens (tertiary/aromatic N) is 1. The summed E-state index contributed by atoms with van der Waals surface area (Å²) in [6.07, 6.45) is -3.09. The van der Waals surface area contributed by atoms with Crippen molar-refractivity contribution in [3.05, 3.63) is 35.4 Å². The van der Waals surface area contributed by atoms with Crippen molar-refractivity contribution < 1.29 is 18.0 Å². The Morgan fingerprint density at radius 3 is 2.45 bits per heavy atom. The van der Waals surface area contributed by atoms with Gasteiger partial charge in [-0.25, -0.2) is 0 Å². The molecule has 2 rings (SSSR count). The van der Waals surface area contributed by atoms with E-state index in [1.54, 1.807) is 32.0 Å². The second-order valence-electron chi connectivity index (χ2n) is 6.29.